The van der Waals surface area contributed by atoms with Crippen LogP contribution in [0.3, 0.4) is 0 Å². The fourth-order valence-corrected chi connectivity index (χ4v) is 5.14. The molecule has 1 aliphatic heterocycles. The van der Waals surface area contributed by atoms with Gasteiger partial charge in [0.05, 0.1) is 16.1 Å². The Hall–Kier alpha value is -3.67. The number of piperazine rings is 1. The molecule has 6 heteroatoms. The van der Waals surface area contributed by atoms with Crippen LogP contribution in [-0.2, 0) is 6.54 Å². The summed E-state index contributed by atoms with van der Waals surface area (Å²) in [4.78, 5) is 14.4. The molecule has 3 aromatic carbocycles. The second kappa shape index (κ2) is 9.53. The van der Waals surface area contributed by atoms with Crippen molar-refractivity contribution in [2.24, 2.45) is 0 Å². The molecule has 0 bridgehead atoms. The monoisotopic (exact) mass is 479 g/mol. The third kappa shape index (κ3) is 4.29. The van der Waals surface area contributed by atoms with Crippen LogP contribution in [0.2, 0.25) is 5.02 Å². The zero-order valence-corrected chi connectivity index (χ0v) is 20.1. The largest absolute Gasteiger partial charge is 0.353 e. The van der Waals surface area contributed by atoms with Gasteiger partial charge in [-0.2, -0.15) is 0 Å². The quantitative estimate of drug-likeness (QED) is 0.307. The van der Waals surface area contributed by atoms with Crippen molar-refractivity contribution in [3.8, 4) is 16.8 Å². The Labute approximate surface area is 210 Å². The second-order valence-electron chi connectivity index (χ2n) is 8.87. The number of para-hydroxylation sites is 1. The van der Waals surface area contributed by atoms with Crippen LogP contribution < -0.4 is 4.90 Å². The predicted octanol–water partition coefficient (Wildman–Crippen LogP) is 6.06. The lowest BCUT2D eigenvalue weighted by atomic mass is 10.1. The molecule has 1 fully saturated rings. The fraction of sp³-hybridized carbons (Fsp3) is 0.172. The molecular weight excluding hydrogens is 454 g/mol. The van der Waals surface area contributed by atoms with Crippen molar-refractivity contribution in [1.29, 1.82) is 0 Å². The molecule has 0 radical (unpaired) electrons. The molecule has 0 amide bonds. The molecule has 6 rings (SSSR count). The summed E-state index contributed by atoms with van der Waals surface area (Å²) in [7, 11) is 0. The molecule has 2 aromatic heterocycles. The molecule has 5 nitrogen and oxygen atoms in total. The second-order valence-corrected chi connectivity index (χ2v) is 9.28. The topological polar surface area (TPSA) is 37.2 Å². The lowest BCUT2D eigenvalue weighted by molar-refractivity contribution is 0.249. The van der Waals surface area contributed by atoms with Gasteiger partial charge in [0.25, 0.3) is 0 Å². The molecule has 0 aliphatic carbocycles. The maximum Gasteiger partial charge on any atom is 0.150 e. The normalized spacial score (nSPS) is 14.5. The van der Waals surface area contributed by atoms with Crippen LogP contribution in [0.4, 0.5) is 5.82 Å². The number of hydrogen-bond acceptors (Lipinski definition) is 4. The number of aromatic nitrogens is 3. The van der Waals surface area contributed by atoms with Crippen LogP contribution >= 0.6 is 11.6 Å². The summed E-state index contributed by atoms with van der Waals surface area (Å²) in [6.45, 7) is 4.81. The molecule has 0 N–H and O–H groups in total. The van der Waals surface area contributed by atoms with Gasteiger partial charge in [-0.15, -0.1) is 0 Å². The zero-order chi connectivity index (χ0) is 23.6. The zero-order valence-electron chi connectivity index (χ0n) is 19.4. The Morgan fingerprint density at radius 3 is 2.17 bits per heavy atom. The molecule has 3 heterocycles. The van der Waals surface area contributed by atoms with E-state index in [2.05, 4.69) is 75.2 Å². The highest BCUT2D eigenvalue weighted by Gasteiger charge is 2.24. The van der Waals surface area contributed by atoms with E-state index in [0.717, 1.165) is 66.4 Å². The molecule has 174 valence electrons. The van der Waals surface area contributed by atoms with Crippen molar-refractivity contribution in [2.75, 3.05) is 31.1 Å². The third-order valence-corrected chi connectivity index (χ3v) is 7.00. The number of rotatable bonds is 5. The molecule has 0 spiro atoms. The van der Waals surface area contributed by atoms with Crippen LogP contribution in [-0.4, -0.2) is 45.6 Å². The summed E-state index contributed by atoms with van der Waals surface area (Å²) >= 11 is 6.61. The maximum absolute atomic E-state index is 6.61. The van der Waals surface area contributed by atoms with E-state index < -0.39 is 0 Å². The van der Waals surface area contributed by atoms with Crippen LogP contribution in [0, 0.1) is 0 Å². The van der Waals surface area contributed by atoms with Gasteiger partial charge in [-0.1, -0.05) is 84.4 Å². The third-order valence-electron chi connectivity index (χ3n) is 6.68. The summed E-state index contributed by atoms with van der Waals surface area (Å²) in [5, 5.41) is 1.76. The van der Waals surface area contributed by atoms with Gasteiger partial charge in [-0.3, -0.25) is 9.47 Å². The number of benzene rings is 3. The van der Waals surface area contributed by atoms with Crippen molar-refractivity contribution < 1.29 is 0 Å². The van der Waals surface area contributed by atoms with Gasteiger partial charge in [-0.25, -0.2) is 9.97 Å². The van der Waals surface area contributed by atoms with Crippen molar-refractivity contribution in [2.45, 2.75) is 6.54 Å². The summed E-state index contributed by atoms with van der Waals surface area (Å²) in [5.41, 5.74) is 5.39. The number of hydrogen-bond donors (Lipinski definition) is 0. The highest BCUT2D eigenvalue weighted by atomic mass is 35.5. The first-order chi connectivity index (χ1) is 17.3. The van der Waals surface area contributed by atoms with E-state index >= 15 is 0 Å². The van der Waals surface area contributed by atoms with Crippen LogP contribution in [0.25, 0.3) is 27.8 Å². The minimum atomic E-state index is 0.693. The average Bonchev–Trinajstić information content (AvgIpc) is 3.30. The van der Waals surface area contributed by atoms with E-state index in [9.17, 15) is 0 Å². The van der Waals surface area contributed by atoms with Gasteiger partial charge < -0.3 is 4.90 Å². The van der Waals surface area contributed by atoms with Gasteiger partial charge >= 0.3 is 0 Å². The lowest BCUT2D eigenvalue weighted by Crippen LogP contribution is -2.46. The van der Waals surface area contributed by atoms with Crippen molar-refractivity contribution in [1.82, 2.24) is 19.4 Å². The number of fused-ring (bicyclic) bond motifs is 1. The molecule has 0 unspecified atom stereocenters. The van der Waals surface area contributed by atoms with Crippen molar-refractivity contribution >= 4 is 28.5 Å². The first kappa shape index (κ1) is 21.8. The SMILES string of the molecule is Clc1ccccc1-n1cc(-c2ccccc2)c2c(N3CCN(Cc4ccccc4)CC3)ncnc21. The van der Waals surface area contributed by atoms with Gasteiger partial charge in [0.1, 0.15) is 12.1 Å². The molecule has 1 aliphatic rings. The van der Waals surface area contributed by atoms with Crippen LogP contribution in [0.5, 0.6) is 0 Å². The first-order valence-corrected chi connectivity index (χ1v) is 12.3. The fourth-order valence-electron chi connectivity index (χ4n) is 4.91. The van der Waals surface area contributed by atoms with E-state index in [0.29, 0.717) is 5.02 Å². The molecule has 1 saturated heterocycles. The van der Waals surface area contributed by atoms with E-state index in [4.69, 9.17) is 21.6 Å². The Bertz CT molecular complexity index is 1440. The highest BCUT2D eigenvalue weighted by Crippen LogP contribution is 2.38. The van der Waals surface area contributed by atoms with E-state index in [1.807, 2.05) is 30.3 Å². The van der Waals surface area contributed by atoms with Gasteiger partial charge in [0.15, 0.2) is 5.65 Å². The Kier molecular flexibility index (Phi) is 5.94. The van der Waals surface area contributed by atoms with Crippen molar-refractivity contribution in [3.63, 3.8) is 0 Å². The minimum Gasteiger partial charge on any atom is -0.353 e. The smallest absolute Gasteiger partial charge is 0.150 e. The average molecular weight is 480 g/mol. The van der Waals surface area contributed by atoms with Gasteiger partial charge in [0, 0.05) is 44.5 Å². The highest BCUT2D eigenvalue weighted by molar-refractivity contribution is 6.32. The number of nitrogens with zero attached hydrogens (tertiary/aromatic N) is 5. The summed E-state index contributed by atoms with van der Waals surface area (Å²) in [6, 6.07) is 29.0. The molecular formula is C29H26ClN5. The lowest BCUT2D eigenvalue weighted by Gasteiger charge is -2.35. The predicted molar refractivity (Wildman–Crippen MR) is 143 cm³/mol. The Morgan fingerprint density at radius 1 is 0.743 bits per heavy atom. The minimum absolute atomic E-state index is 0.693. The van der Waals surface area contributed by atoms with Crippen molar-refractivity contribution in [3.05, 3.63) is 108 Å². The molecule has 0 saturated carbocycles. The number of halogens is 1. The van der Waals surface area contributed by atoms with E-state index in [1.54, 1.807) is 6.33 Å². The summed E-state index contributed by atoms with van der Waals surface area (Å²) in [5.74, 6) is 0.985. The Morgan fingerprint density at radius 2 is 1.43 bits per heavy atom. The van der Waals surface area contributed by atoms with Gasteiger partial charge in [0.2, 0.25) is 0 Å². The summed E-state index contributed by atoms with van der Waals surface area (Å²) < 4.78 is 2.09. The first-order valence-electron chi connectivity index (χ1n) is 12.0. The van der Waals surface area contributed by atoms with E-state index in [1.165, 1.54) is 5.56 Å². The number of anilines is 1. The van der Waals surface area contributed by atoms with Crippen LogP contribution in [0.15, 0.2) is 97.5 Å². The maximum atomic E-state index is 6.61. The van der Waals surface area contributed by atoms with Gasteiger partial charge in [-0.05, 0) is 23.3 Å². The Balaban J connectivity index is 1.39. The summed E-state index contributed by atoms with van der Waals surface area (Å²) in [6.07, 6.45) is 3.82. The van der Waals surface area contributed by atoms with Crippen LogP contribution in [0.1, 0.15) is 5.56 Å². The molecule has 35 heavy (non-hydrogen) atoms. The molecule has 0 atom stereocenters. The standard InChI is InChI=1S/C29H26ClN5/c30-25-13-7-8-14-26(25)35-20-24(23-11-5-2-6-12-23)27-28(31-21-32-29(27)35)34-17-15-33(16-18-34)19-22-9-3-1-4-10-22/h1-14,20-21H,15-19H2. The molecule has 5 aromatic rings. The van der Waals surface area contributed by atoms with E-state index in [-0.39, 0.29) is 0 Å².